The molecule has 5 rings (SSSR count). The number of carbonyl (C=O) groups excluding carboxylic acids is 2. The van der Waals surface area contributed by atoms with E-state index in [1.54, 1.807) is 11.8 Å². The van der Waals surface area contributed by atoms with Crippen molar-refractivity contribution in [1.29, 1.82) is 0 Å². The molecule has 1 saturated carbocycles. The van der Waals surface area contributed by atoms with Gasteiger partial charge >= 0.3 is 0 Å². The number of amides is 2. The summed E-state index contributed by atoms with van der Waals surface area (Å²) in [6.07, 6.45) is 1.98. The standard InChI is InChI=1S/C25H29N3O4/c1-17(29)27-13-23-24(14-27)31-16-19-5-3-7-22(11-19)32-21-6-2-4-18(10-21)12-28(20-8-9-20)15-25(30)26-23/h2-7,10-11,20,23-24H,8-9,12-16H2,1H3,(H,26,30)/t23-,24-/m0/s1. The van der Waals surface area contributed by atoms with Gasteiger partial charge in [0.05, 0.1) is 25.3 Å². The maximum atomic E-state index is 13.0. The summed E-state index contributed by atoms with van der Waals surface area (Å²) in [7, 11) is 0. The first-order chi connectivity index (χ1) is 15.5. The molecule has 1 aliphatic carbocycles. The van der Waals surface area contributed by atoms with Crippen LogP contribution in [0.4, 0.5) is 0 Å². The average molecular weight is 436 g/mol. The number of nitrogens with zero attached hydrogens (tertiary/aromatic N) is 2. The number of rotatable bonds is 1. The lowest BCUT2D eigenvalue weighted by molar-refractivity contribution is -0.128. The van der Waals surface area contributed by atoms with Crippen LogP contribution in [0.2, 0.25) is 0 Å². The predicted molar refractivity (Wildman–Crippen MR) is 119 cm³/mol. The molecule has 0 unspecified atom stereocenters. The molecule has 0 spiro atoms. The molecule has 2 fully saturated rings. The van der Waals surface area contributed by atoms with Crippen molar-refractivity contribution < 1.29 is 19.1 Å². The molecule has 2 aliphatic heterocycles. The molecule has 2 aromatic carbocycles. The van der Waals surface area contributed by atoms with Gasteiger partial charge in [0.25, 0.3) is 0 Å². The summed E-state index contributed by atoms with van der Waals surface area (Å²) in [6, 6.07) is 16.1. The first kappa shape index (κ1) is 21.0. The zero-order chi connectivity index (χ0) is 22.1. The fraction of sp³-hybridized carbons (Fsp3) is 0.440. The summed E-state index contributed by atoms with van der Waals surface area (Å²) < 4.78 is 12.3. The van der Waals surface area contributed by atoms with Gasteiger partial charge < -0.3 is 19.7 Å². The fourth-order valence-corrected chi connectivity index (χ4v) is 4.51. The van der Waals surface area contributed by atoms with Crippen molar-refractivity contribution in [2.24, 2.45) is 0 Å². The maximum absolute atomic E-state index is 13.0. The molecule has 2 aromatic rings. The van der Waals surface area contributed by atoms with E-state index in [0.717, 1.165) is 35.5 Å². The third kappa shape index (κ3) is 4.95. The summed E-state index contributed by atoms with van der Waals surface area (Å²) in [6.45, 7) is 3.92. The van der Waals surface area contributed by atoms with Crippen LogP contribution >= 0.6 is 0 Å². The van der Waals surface area contributed by atoms with Crippen molar-refractivity contribution in [2.45, 2.75) is 51.1 Å². The quantitative estimate of drug-likeness (QED) is 0.746. The molecule has 7 nitrogen and oxygen atoms in total. The molecular formula is C25H29N3O4. The lowest BCUT2D eigenvalue weighted by Gasteiger charge is -2.25. The minimum absolute atomic E-state index is 0.00415. The van der Waals surface area contributed by atoms with Crippen LogP contribution in [0.5, 0.6) is 11.5 Å². The van der Waals surface area contributed by atoms with Gasteiger partial charge in [-0.25, -0.2) is 0 Å². The highest BCUT2D eigenvalue weighted by Gasteiger charge is 2.37. The van der Waals surface area contributed by atoms with Gasteiger partial charge in [0.2, 0.25) is 11.8 Å². The predicted octanol–water partition coefficient (Wildman–Crippen LogP) is 2.69. The molecule has 1 N–H and O–H groups in total. The number of carbonyl (C=O) groups is 2. The molecular weight excluding hydrogens is 406 g/mol. The molecule has 32 heavy (non-hydrogen) atoms. The van der Waals surface area contributed by atoms with Gasteiger partial charge in [-0.2, -0.15) is 0 Å². The van der Waals surface area contributed by atoms with E-state index < -0.39 is 0 Å². The van der Waals surface area contributed by atoms with E-state index in [9.17, 15) is 9.59 Å². The maximum Gasteiger partial charge on any atom is 0.234 e. The fourth-order valence-electron chi connectivity index (χ4n) is 4.51. The lowest BCUT2D eigenvalue weighted by Crippen LogP contribution is -2.48. The molecule has 1 saturated heterocycles. The van der Waals surface area contributed by atoms with E-state index in [4.69, 9.17) is 9.47 Å². The Morgan fingerprint density at radius 2 is 1.72 bits per heavy atom. The molecule has 7 heteroatoms. The monoisotopic (exact) mass is 435 g/mol. The van der Waals surface area contributed by atoms with E-state index in [-0.39, 0.29) is 24.0 Å². The number of nitrogens with one attached hydrogen (secondary N) is 1. The van der Waals surface area contributed by atoms with E-state index in [2.05, 4.69) is 16.3 Å². The van der Waals surface area contributed by atoms with E-state index in [1.165, 1.54) is 0 Å². The Bertz CT molecular complexity index is 1010. The number of likely N-dealkylation sites (tertiary alicyclic amines) is 1. The average Bonchev–Trinajstić information content (AvgIpc) is 3.53. The van der Waals surface area contributed by atoms with Gasteiger partial charge in [-0.05, 0) is 48.2 Å². The number of benzene rings is 2. The Balaban J connectivity index is 1.43. The van der Waals surface area contributed by atoms with E-state index in [1.807, 2.05) is 42.5 Å². The molecule has 4 bridgehead atoms. The van der Waals surface area contributed by atoms with E-state index >= 15 is 0 Å². The molecule has 3 aliphatic rings. The highest BCUT2D eigenvalue weighted by molar-refractivity contribution is 5.79. The van der Waals surface area contributed by atoms with Crippen molar-refractivity contribution in [3.63, 3.8) is 0 Å². The SMILES string of the molecule is CC(=O)N1C[C@@H]2NC(=O)CN(C3CC3)Cc3cccc(c3)Oc3cccc(c3)CO[C@H]2C1. The molecule has 0 aromatic heterocycles. The summed E-state index contributed by atoms with van der Waals surface area (Å²) in [4.78, 5) is 28.9. The first-order valence-electron chi connectivity index (χ1n) is 11.3. The minimum Gasteiger partial charge on any atom is -0.457 e. The molecule has 168 valence electrons. The Kier molecular flexibility index (Phi) is 5.85. The summed E-state index contributed by atoms with van der Waals surface area (Å²) in [5, 5.41) is 3.15. The van der Waals surface area contributed by atoms with Crippen LogP contribution in [0.3, 0.4) is 0 Å². The third-order valence-electron chi connectivity index (χ3n) is 6.35. The van der Waals surface area contributed by atoms with Crippen molar-refractivity contribution in [2.75, 3.05) is 19.6 Å². The second-order valence-corrected chi connectivity index (χ2v) is 8.98. The molecule has 0 radical (unpaired) electrons. The van der Waals surface area contributed by atoms with Crippen LogP contribution in [0, 0.1) is 0 Å². The Morgan fingerprint density at radius 1 is 1.00 bits per heavy atom. The Morgan fingerprint density at radius 3 is 2.44 bits per heavy atom. The van der Waals surface area contributed by atoms with Gasteiger partial charge in [0.15, 0.2) is 0 Å². The zero-order valence-corrected chi connectivity index (χ0v) is 18.3. The van der Waals surface area contributed by atoms with Crippen molar-refractivity contribution >= 4 is 11.8 Å². The van der Waals surface area contributed by atoms with Gasteiger partial charge in [-0.15, -0.1) is 0 Å². The normalized spacial score (nSPS) is 24.4. The lowest BCUT2D eigenvalue weighted by atomic mass is 10.1. The number of hydrogen-bond acceptors (Lipinski definition) is 5. The molecule has 2 heterocycles. The third-order valence-corrected chi connectivity index (χ3v) is 6.35. The van der Waals surface area contributed by atoms with Gasteiger partial charge in [-0.3, -0.25) is 14.5 Å². The van der Waals surface area contributed by atoms with Crippen LogP contribution < -0.4 is 10.1 Å². The number of hydrogen-bond donors (Lipinski definition) is 1. The van der Waals surface area contributed by atoms with Gasteiger partial charge in [-0.1, -0.05) is 24.3 Å². The summed E-state index contributed by atoms with van der Waals surface area (Å²) in [5.74, 6) is 1.51. The van der Waals surface area contributed by atoms with Crippen molar-refractivity contribution in [3.05, 3.63) is 59.7 Å². The zero-order valence-electron chi connectivity index (χ0n) is 18.3. The van der Waals surface area contributed by atoms with E-state index in [0.29, 0.717) is 38.8 Å². The van der Waals surface area contributed by atoms with Gasteiger partial charge in [0.1, 0.15) is 11.5 Å². The van der Waals surface area contributed by atoms with Crippen LogP contribution in [0.15, 0.2) is 48.5 Å². The highest BCUT2D eigenvalue weighted by Crippen LogP contribution is 2.30. The van der Waals surface area contributed by atoms with Crippen molar-refractivity contribution in [3.8, 4) is 11.5 Å². The first-order valence-corrected chi connectivity index (χ1v) is 11.3. The number of fused-ring (bicyclic) bond motifs is 5. The van der Waals surface area contributed by atoms with Gasteiger partial charge in [0, 0.05) is 32.6 Å². The topological polar surface area (TPSA) is 71.1 Å². The highest BCUT2D eigenvalue weighted by atomic mass is 16.5. The second-order valence-electron chi connectivity index (χ2n) is 8.98. The number of ether oxygens (including phenoxy) is 2. The Labute approximate surface area is 188 Å². The summed E-state index contributed by atoms with van der Waals surface area (Å²) >= 11 is 0. The minimum atomic E-state index is -0.248. The second kappa shape index (κ2) is 8.92. The van der Waals surface area contributed by atoms with Crippen LogP contribution in [-0.4, -0.2) is 59.4 Å². The molecule has 2 atom stereocenters. The molecule has 2 amide bonds. The van der Waals surface area contributed by atoms with Crippen LogP contribution in [-0.2, 0) is 27.5 Å². The van der Waals surface area contributed by atoms with Crippen LogP contribution in [0.25, 0.3) is 0 Å². The van der Waals surface area contributed by atoms with Crippen molar-refractivity contribution in [1.82, 2.24) is 15.1 Å². The smallest absolute Gasteiger partial charge is 0.234 e. The largest absolute Gasteiger partial charge is 0.457 e. The van der Waals surface area contributed by atoms with Crippen LogP contribution in [0.1, 0.15) is 30.9 Å². The Hall–Kier alpha value is -2.90. The summed E-state index contributed by atoms with van der Waals surface area (Å²) in [5.41, 5.74) is 2.10.